The molecule has 3 aromatic carbocycles. The number of carbonyl (C=O) groups excluding carboxylic acids is 1. The molecule has 0 spiro atoms. The van der Waals surface area contributed by atoms with Crippen molar-refractivity contribution in [2.75, 3.05) is 14.2 Å². The molecule has 1 heterocycles. The standard InChI is InChI=1S/C24H21ClFN3O2/c1-15-22(23(25)29(27-15)20-9-7-19(26)8-10-20)24(30)28(2)14-16-4-5-18-13-21(31-3)11-6-17(18)12-16/h4-13H,14H2,1-3H3. The minimum atomic E-state index is -0.353. The van der Waals surface area contributed by atoms with Crippen LogP contribution in [0, 0.1) is 12.7 Å². The molecular weight excluding hydrogens is 417 g/mol. The van der Waals surface area contributed by atoms with Crippen molar-refractivity contribution < 1.29 is 13.9 Å². The molecule has 31 heavy (non-hydrogen) atoms. The Hall–Kier alpha value is -3.38. The van der Waals surface area contributed by atoms with E-state index >= 15 is 0 Å². The Morgan fingerprint density at radius 2 is 1.77 bits per heavy atom. The third-order valence-corrected chi connectivity index (χ3v) is 5.52. The van der Waals surface area contributed by atoms with E-state index in [0.29, 0.717) is 23.5 Å². The minimum absolute atomic E-state index is 0.201. The number of amides is 1. The number of aryl methyl sites for hydroxylation is 1. The van der Waals surface area contributed by atoms with E-state index < -0.39 is 0 Å². The average Bonchev–Trinajstić information content (AvgIpc) is 3.07. The van der Waals surface area contributed by atoms with Gasteiger partial charge >= 0.3 is 0 Å². The molecule has 0 N–H and O–H groups in total. The maximum atomic E-state index is 13.2. The fourth-order valence-electron chi connectivity index (χ4n) is 3.53. The van der Waals surface area contributed by atoms with E-state index in [1.165, 1.54) is 16.8 Å². The van der Waals surface area contributed by atoms with Gasteiger partial charge in [0.25, 0.3) is 5.91 Å². The Morgan fingerprint density at radius 3 is 2.48 bits per heavy atom. The highest BCUT2D eigenvalue weighted by molar-refractivity contribution is 6.33. The Labute approximate surface area is 184 Å². The van der Waals surface area contributed by atoms with Gasteiger partial charge < -0.3 is 9.64 Å². The summed E-state index contributed by atoms with van der Waals surface area (Å²) in [6.07, 6.45) is 0. The molecule has 0 bridgehead atoms. The van der Waals surface area contributed by atoms with Crippen molar-refractivity contribution in [3.63, 3.8) is 0 Å². The summed E-state index contributed by atoms with van der Waals surface area (Å²) in [6, 6.07) is 17.7. The summed E-state index contributed by atoms with van der Waals surface area (Å²) in [4.78, 5) is 14.8. The lowest BCUT2D eigenvalue weighted by atomic mass is 10.1. The maximum absolute atomic E-state index is 13.2. The van der Waals surface area contributed by atoms with Crippen LogP contribution in [0.1, 0.15) is 21.6 Å². The first kappa shape index (κ1) is 20.9. The Morgan fingerprint density at radius 1 is 1.10 bits per heavy atom. The summed E-state index contributed by atoms with van der Waals surface area (Å²) >= 11 is 6.50. The monoisotopic (exact) mass is 437 g/mol. The van der Waals surface area contributed by atoms with Gasteiger partial charge in [0, 0.05) is 13.6 Å². The van der Waals surface area contributed by atoms with Crippen LogP contribution in [0.4, 0.5) is 4.39 Å². The molecule has 0 saturated carbocycles. The van der Waals surface area contributed by atoms with Crippen LogP contribution in [0.15, 0.2) is 60.7 Å². The fraction of sp³-hybridized carbons (Fsp3) is 0.167. The summed E-state index contributed by atoms with van der Waals surface area (Å²) in [7, 11) is 3.37. The summed E-state index contributed by atoms with van der Waals surface area (Å²) in [6.45, 7) is 2.15. The maximum Gasteiger partial charge on any atom is 0.258 e. The van der Waals surface area contributed by atoms with E-state index in [0.717, 1.165) is 22.1 Å². The second-order valence-corrected chi connectivity index (χ2v) is 7.71. The topological polar surface area (TPSA) is 47.4 Å². The first-order valence-electron chi connectivity index (χ1n) is 9.70. The Kier molecular flexibility index (Phi) is 5.65. The van der Waals surface area contributed by atoms with Gasteiger partial charge in [-0.25, -0.2) is 9.07 Å². The molecule has 7 heteroatoms. The Balaban J connectivity index is 1.58. The van der Waals surface area contributed by atoms with Crippen molar-refractivity contribution in [2.45, 2.75) is 13.5 Å². The molecule has 4 rings (SSSR count). The lowest BCUT2D eigenvalue weighted by Crippen LogP contribution is -2.26. The van der Waals surface area contributed by atoms with Crippen LogP contribution < -0.4 is 4.74 Å². The van der Waals surface area contributed by atoms with Gasteiger partial charge in [-0.05, 0) is 65.7 Å². The van der Waals surface area contributed by atoms with Gasteiger partial charge in [0.2, 0.25) is 0 Å². The number of aromatic nitrogens is 2. The van der Waals surface area contributed by atoms with Gasteiger partial charge in [-0.2, -0.15) is 5.10 Å². The molecular formula is C24H21ClFN3O2. The number of benzene rings is 3. The van der Waals surface area contributed by atoms with Gasteiger partial charge in [-0.3, -0.25) is 4.79 Å². The second kappa shape index (κ2) is 8.40. The van der Waals surface area contributed by atoms with Crippen LogP contribution in [0.5, 0.6) is 5.75 Å². The number of carbonyl (C=O) groups is 1. The first-order valence-corrected chi connectivity index (χ1v) is 10.1. The van der Waals surface area contributed by atoms with Crippen LogP contribution >= 0.6 is 11.6 Å². The number of hydrogen-bond acceptors (Lipinski definition) is 3. The summed E-state index contributed by atoms with van der Waals surface area (Å²) < 4.78 is 19.9. The minimum Gasteiger partial charge on any atom is -0.497 e. The molecule has 0 radical (unpaired) electrons. The van der Waals surface area contributed by atoms with Crippen LogP contribution in [-0.2, 0) is 6.54 Å². The normalized spacial score (nSPS) is 11.0. The number of methoxy groups -OCH3 is 1. The van der Waals surface area contributed by atoms with Crippen molar-refractivity contribution in [1.29, 1.82) is 0 Å². The molecule has 0 aliphatic rings. The average molecular weight is 438 g/mol. The zero-order valence-electron chi connectivity index (χ0n) is 17.4. The molecule has 0 aliphatic carbocycles. The van der Waals surface area contributed by atoms with Crippen LogP contribution in [0.2, 0.25) is 5.15 Å². The lowest BCUT2D eigenvalue weighted by molar-refractivity contribution is 0.0784. The van der Waals surface area contributed by atoms with E-state index in [-0.39, 0.29) is 16.9 Å². The predicted molar refractivity (Wildman–Crippen MR) is 120 cm³/mol. The van der Waals surface area contributed by atoms with Crippen molar-refractivity contribution in [3.05, 3.63) is 88.5 Å². The smallest absolute Gasteiger partial charge is 0.258 e. The zero-order valence-corrected chi connectivity index (χ0v) is 18.2. The molecule has 0 unspecified atom stereocenters. The molecule has 0 saturated heterocycles. The SMILES string of the molecule is COc1ccc2cc(CN(C)C(=O)c3c(C)nn(-c4ccc(F)cc4)c3Cl)ccc2c1. The fourth-order valence-corrected chi connectivity index (χ4v) is 3.88. The van der Waals surface area contributed by atoms with Crippen molar-refractivity contribution in [3.8, 4) is 11.4 Å². The molecule has 0 atom stereocenters. The molecule has 0 aliphatic heterocycles. The molecule has 1 amide bonds. The summed E-state index contributed by atoms with van der Waals surface area (Å²) in [5.41, 5.74) is 2.42. The highest BCUT2D eigenvalue weighted by Gasteiger charge is 2.24. The van der Waals surface area contributed by atoms with E-state index in [1.54, 1.807) is 38.1 Å². The largest absolute Gasteiger partial charge is 0.497 e. The van der Waals surface area contributed by atoms with Gasteiger partial charge in [-0.1, -0.05) is 29.8 Å². The number of hydrogen-bond donors (Lipinski definition) is 0. The van der Waals surface area contributed by atoms with Crippen LogP contribution in [0.3, 0.4) is 0 Å². The van der Waals surface area contributed by atoms with Gasteiger partial charge in [0.1, 0.15) is 16.7 Å². The zero-order chi connectivity index (χ0) is 22.1. The number of halogens is 2. The summed E-state index contributed by atoms with van der Waals surface area (Å²) in [5.74, 6) is 0.218. The third kappa shape index (κ3) is 4.11. The molecule has 0 fully saturated rings. The summed E-state index contributed by atoms with van der Waals surface area (Å²) in [5, 5.41) is 6.71. The van der Waals surface area contributed by atoms with Crippen LogP contribution in [0.25, 0.3) is 16.5 Å². The number of ether oxygens (including phenoxy) is 1. The van der Waals surface area contributed by atoms with E-state index in [9.17, 15) is 9.18 Å². The van der Waals surface area contributed by atoms with E-state index in [1.807, 2.05) is 30.3 Å². The molecule has 5 nitrogen and oxygen atoms in total. The van der Waals surface area contributed by atoms with Crippen LogP contribution in [-0.4, -0.2) is 34.7 Å². The van der Waals surface area contributed by atoms with E-state index in [4.69, 9.17) is 16.3 Å². The Bertz CT molecular complexity index is 1270. The molecule has 4 aromatic rings. The van der Waals surface area contributed by atoms with Crippen molar-refractivity contribution in [1.82, 2.24) is 14.7 Å². The third-order valence-electron chi connectivity index (χ3n) is 5.17. The number of fused-ring (bicyclic) bond motifs is 1. The highest BCUT2D eigenvalue weighted by atomic mass is 35.5. The molecule has 1 aromatic heterocycles. The second-order valence-electron chi connectivity index (χ2n) is 7.35. The predicted octanol–water partition coefficient (Wildman–Crippen LogP) is 5.41. The van der Waals surface area contributed by atoms with Crippen molar-refractivity contribution >= 4 is 28.3 Å². The van der Waals surface area contributed by atoms with Gasteiger partial charge in [0.15, 0.2) is 0 Å². The highest BCUT2D eigenvalue weighted by Crippen LogP contribution is 2.26. The first-order chi connectivity index (χ1) is 14.9. The van der Waals surface area contributed by atoms with Crippen molar-refractivity contribution in [2.24, 2.45) is 0 Å². The van der Waals surface area contributed by atoms with E-state index in [2.05, 4.69) is 11.2 Å². The van der Waals surface area contributed by atoms with Gasteiger partial charge in [0.05, 0.1) is 24.1 Å². The number of rotatable bonds is 5. The number of nitrogens with zero attached hydrogens (tertiary/aromatic N) is 3. The lowest BCUT2D eigenvalue weighted by Gasteiger charge is -2.18. The van der Waals surface area contributed by atoms with Gasteiger partial charge in [-0.15, -0.1) is 0 Å². The quantitative estimate of drug-likeness (QED) is 0.419. The molecule has 158 valence electrons.